The number of ketones is 1. The highest BCUT2D eigenvalue weighted by atomic mass is 19.1. The van der Waals surface area contributed by atoms with Crippen molar-refractivity contribution in [3.8, 4) is 5.75 Å². The Hall–Kier alpha value is -3.52. The van der Waals surface area contributed by atoms with Gasteiger partial charge in [-0.2, -0.15) is 0 Å². The van der Waals surface area contributed by atoms with Gasteiger partial charge in [-0.15, -0.1) is 0 Å². The highest BCUT2D eigenvalue weighted by Gasteiger charge is 2.46. The van der Waals surface area contributed by atoms with Crippen LogP contribution in [0.4, 0.5) is 4.39 Å². The molecule has 0 aliphatic carbocycles. The summed E-state index contributed by atoms with van der Waals surface area (Å²) in [4.78, 5) is 41.0. The highest BCUT2D eigenvalue weighted by Crippen LogP contribution is 2.40. The van der Waals surface area contributed by atoms with Crippen LogP contribution in [-0.2, 0) is 14.4 Å². The number of likely N-dealkylation sites (tertiary alicyclic amines) is 1. The van der Waals surface area contributed by atoms with Crippen LogP contribution in [0.15, 0.2) is 54.1 Å². The minimum atomic E-state index is -0.888. The zero-order valence-corrected chi connectivity index (χ0v) is 18.9. The van der Waals surface area contributed by atoms with Gasteiger partial charge < -0.3 is 19.6 Å². The molecule has 1 heterocycles. The summed E-state index contributed by atoms with van der Waals surface area (Å²) in [5.41, 5.74) is 0.640. The first-order chi connectivity index (χ1) is 15.8. The molecular formula is C25H27FN2O5. The topological polar surface area (TPSA) is 87.2 Å². The van der Waals surface area contributed by atoms with Gasteiger partial charge in [-0.05, 0) is 55.1 Å². The molecule has 0 saturated carbocycles. The molecule has 8 heteroatoms. The monoisotopic (exact) mass is 454 g/mol. The van der Waals surface area contributed by atoms with Gasteiger partial charge in [-0.3, -0.25) is 14.4 Å². The van der Waals surface area contributed by atoms with Gasteiger partial charge in [0.1, 0.15) is 17.3 Å². The second-order valence-corrected chi connectivity index (χ2v) is 7.69. The first kappa shape index (κ1) is 24.1. The van der Waals surface area contributed by atoms with Crippen LogP contribution in [-0.4, -0.2) is 58.7 Å². The number of halogens is 1. The number of carbonyl (C=O) groups excluding carboxylic acids is 3. The Labute approximate surface area is 192 Å². The fourth-order valence-electron chi connectivity index (χ4n) is 3.92. The maximum absolute atomic E-state index is 13.4. The van der Waals surface area contributed by atoms with Crippen LogP contribution < -0.4 is 4.74 Å². The van der Waals surface area contributed by atoms with Gasteiger partial charge in [-0.1, -0.05) is 26.0 Å². The van der Waals surface area contributed by atoms with Gasteiger partial charge in [0.2, 0.25) is 0 Å². The van der Waals surface area contributed by atoms with Gasteiger partial charge in [0, 0.05) is 25.6 Å². The van der Waals surface area contributed by atoms with E-state index in [-0.39, 0.29) is 29.2 Å². The van der Waals surface area contributed by atoms with E-state index in [0.29, 0.717) is 12.1 Å². The van der Waals surface area contributed by atoms with Gasteiger partial charge >= 0.3 is 5.97 Å². The SMILES string of the molecule is CCN(CC)CCN1C(=O)C(=O)/C(=C(\O)c2ccc(F)cc2)C1c1cccc(OC(C)=O)c1. The molecule has 1 unspecified atom stereocenters. The average Bonchev–Trinajstić information content (AvgIpc) is 3.04. The average molecular weight is 454 g/mol. The molecule has 1 fully saturated rings. The molecule has 0 spiro atoms. The van der Waals surface area contributed by atoms with Crippen LogP contribution in [0.2, 0.25) is 0 Å². The predicted octanol–water partition coefficient (Wildman–Crippen LogP) is 3.51. The number of esters is 1. The van der Waals surface area contributed by atoms with E-state index < -0.39 is 29.5 Å². The van der Waals surface area contributed by atoms with Crippen LogP contribution in [0.1, 0.15) is 37.9 Å². The van der Waals surface area contributed by atoms with Crippen LogP contribution >= 0.6 is 0 Å². The van der Waals surface area contributed by atoms with E-state index in [1.54, 1.807) is 24.3 Å². The molecule has 0 aromatic heterocycles. The second-order valence-electron chi connectivity index (χ2n) is 7.69. The molecule has 2 aromatic rings. The lowest BCUT2D eigenvalue weighted by Crippen LogP contribution is -2.38. The van der Waals surface area contributed by atoms with Crippen LogP contribution in [0.25, 0.3) is 5.76 Å². The standard InChI is InChI=1S/C25H27FN2O5/c1-4-27(5-2)13-14-28-22(18-7-6-8-20(15-18)33-16(3)29)21(24(31)25(28)32)23(30)17-9-11-19(26)12-10-17/h6-12,15,22,30H,4-5,13-14H2,1-3H3/b23-21-. The number of benzene rings is 2. The quantitative estimate of drug-likeness (QED) is 0.216. The van der Waals surface area contributed by atoms with E-state index >= 15 is 0 Å². The summed E-state index contributed by atoms with van der Waals surface area (Å²) in [5.74, 6) is -2.67. The summed E-state index contributed by atoms with van der Waals surface area (Å²) >= 11 is 0. The summed E-state index contributed by atoms with van der Waals surface area (Å²) < 4.78 is 18.6. The van der Waals surface area contributed by atoms with E-state index in [4.69, 9.17) is 4.74 Å². The summed E-state index contributed by atoms with van der Waals surface area (Å²) in [6, 6.07) is 10.7. The van der Waals surface area contributed by atoms with E-state index in [1.165, 1.54) is 36.1 Å². The minimum Gasteiger partial charge on any atom is -0.507 e. The highest BCUT2D eigenvalue weighted by molar-refractivity contribution is 6.46. The Kier molecular flexibility index (Phi) is 7.60. The Morgan fingerprint density at radius 3 is 2.39 bits per heavy atom. The molecule has 0 radical (unpaired) electrons. The normalized spacial score (nSPS) is 17.6. The van der Waals surface area contributed by atoms with Crippen molar-refractivity contribution >= 4 is 23.4 Å². The number of hydrogen-bond acceptors (Lipinski definition) is 6. The zero-order valence-electron chi connectivity index (χ0n) is 18.9. The molecule has 0 bridgehead atoms. The number of Topliss-reactive ketones (excluding diaryl/α,β-unsaturated/α-hetero) is 1. The van der Waals surface area contributed by atoms with Crippen molar-refractivity contribution in [3.63, 3.8) is 0 Å². The summed E-state index contributed by atoms with van der Waals surface area (Å²) in [7, 11) is 0. The lowest BCUT2D eigenvalue weighted by atomic mass is 9.95. The number of ether oxygens (including phenoxy) is 1. The number of aliphatic hydroxyl groups excluding tert-OH is 1. The molecule has 2 aromatic carbocycles. The molecule has 174 valence electrons. The van der Waals surface area contributed by atoms with Crippen LogP contribution in [0.3, 0.4) is 0 Å². The van der Waals surface area contributed by atoms with Crippen molar-refractivity contribution in [2.45, 2.75) is 26.8 Å². The smallest absolute Gasteiger partial charge is 0.308 e. The molecule has 3 rings (SSSR count). The minimum absolute atomic E-state index is 0.0915. The molecule has 33 heavy (non-hydrogen) atoms. The van der Waals surface area contributed by atoms with Crippen molar-refractivity contribution in [1.29, 1.82) is 0 Å². The molecule has 1 N–H and O–H groups in total. The molecule has 1 aliphatic heterocycles. The fraction of sp³-hybridized carbons (Fsp3) is 0.320. The molecular weight excluding hydrogens is 427 g/mol. The third-order valence-corrected chi connectivity index (χ3v) is 5.64. The van der Waals surface area contributed by atoms with Gasteiger partial charge in [-0.25, -0.2) is 4.39 Å². The van der Waals surface area contributed by atoms with E-state index in [1.807, 2.05) is 13.8 Å². The van der Waals surface area contributed by atoms with E-state index in [2.05, 4.69) is 4.90 Å². The summed E-state index contributed by atoms with van der Waals surface area (Å²) in [6.07, 6.45) is 0. The van der Waals surface area contributed by atoms with Gasteiger partial charge in [0.05, 0.1) is 11.6 Å². The maximum atomic E-state index is 13.4. The number of amides is 1. The van der Waals surface area contributed by atoms with Crippen LogP contribution in [0, 0.1) is 5.82 Å². The first-order valence-corrected chi connectivity index (χ1v) is 10.8. The number of hydrogen-bond donors (Lipinski definition) is 1. The lowest BCUT2D eigenvalue weighted by molar-refractivity contribution is -0.140. The Bertz CT molecular complexity index is 1080. The fourth-order valence-corrected chi connectivity index (χ4v) is 3.92. The Morgan fingerprint density at radius 1 is 1.12 bits per heavy atom. The van der Waals surface area contributed by atoms with Crippen molar-refractivity contribution in [2.75, 3.05) is 26.2 Å². The third-order valence-electron chi connectivity index (χ3n) is 5.64. The van der Waals surface area contributed by atoms with E-state index in [0.717, 1.165) is 13.1 Å². The first-order valence-electron chi connectivity index (χ1n) is 10.8. The number of rotatable bonds is 8. The summed E-state index contributed by atoms with van der Waals surface area (Å²) in [6.45, 7) is 7.65. The van der Waals surface area contributed by atoms with Crippen molar-refractivity contribution in [3.05, 3.63) is 71.0 Å². The maximum Gasteiger partial charge on any atom is 0.308 e. The number of likely N-dealkylation sites (N-methyl/N-ethyl adjacent to an activating group) is 1. The number of carbonyl (C=O) groups is 3. The molecule has 1 aliphatic rings. The number of nitrogens with zero attached hydrogens (tertiary/aromatic N) is 2. The van der Waals surface area contributed by atoms with Crippen molar-refractivity contribution < 1.29 is 28.6 Å². The molecule has 1 saturated heterocycles. The van der Waals surface area contributed by atoms with Gasteiger partial charge in [0.15, 0.2) is 0 Å². The second kappa shape index (κ2) is 10.4. The van der Waals surface area contributed by atoms with Gasteiger partial charge in [0.25, 0.3) is 11.7 Å². The van der Waals surface area contributed by atoms with Crippen molar-refractivity contribution in [1.82, 2.24) is 9.80 Å². The molecule has 1 atom stereocenters. The molecule has 1 amide bonds. The van der Waals surface area contributed by atoms with E-state index in [9.17, 15) is 23.9 Å². The van der Waals surface area contributed by atoms with Crippen LogP contribution in [0.5, 0.6) is 5.75 Å². The molecule has 7 nitrogen and oxygen atoms in total. The van der Waals surface area contributed by atoms with Crippen molar-refractivity contribution in [2.24, 2.45) is 0 Å². The predicted molar refractivity (Wildman–Crippen MR) is 121 cm³/mol. The lowest BCUT2D eigenvalue weighted by Gasteiger charge is -2.28. The summed E-state index contributed by atoms with van der Waals surface area (Å²) in [5, 5.41) is 11.0. The number of aliphatic hydroxyl groups is 1. The third kappa shape index (κ3) is 5.28. The largest absolute Gasteiger partial charge is 0.507 e. The Morgan fingerprint density at radius 2 is 1.79 bits per heavy atom. The Balaban J connectivity index is 2.11. The zero-order chi connectivity index (χ0) is 24.1.